The third-order valence-electron chi connectivity index (χ3n) is 11.0. The Kier molecular flexibility index (Phi) is 5.68. The predicted molar refractivity (Wildman–Crippen MR) is 204 cm³/mol. The highest BCUT2D eigenvalue weighted by molar-refractivity contribution is 7.00. The number of benzene rings is 7. The minimum atomic E-state index is -0.450. The van der Waals surface area contributed by atoms with E-state index in [1.165, 1.54) is 60.9 Å². The first-order valence-corrected chi connectivity index (χ1v) is 17.2. The molecule has 0 amide bonds. The summed E-state index contributed by atoms with van der Waals surface area (Å²) < 4.78 is 0. The topological polar surface area (TPSA) is 38.7 Å². The molecular formula is C46H28BN3. The molecule has 7 aromatic carbocycles. The minimum absolute atomic E-state index is 0.216. The maximum absolute atomic E-state index is 5.09. The van der Waals surface area contributed by atoms with Crippen LogP contribution < -0.4 is 16.4 Å². The van der Waals surface area contributed by atoms with Crippen molar-refractivity contribution in [3.8, 4) is 56.4 Å². The summed E-state index contributed by atoms with van der Waals surface area (Å²) in [6, 6.07) is 61.3. The van der Waals surface area contributed by atoms with Gasteiger partial charge in [-0.2, -0.15) is 0 Å². The van der Waals surface area contributed by atoms with Crippen LogP contribution in [0.1, 0.15) is 22.3 Å². The van der Waals surface area contributed by atoms with Crippen molar-refractivity contribution >= 4 is 23.1 Å². The van der Waals surface area contributed by atoms with Gasteiger partial charge >= 0.3 is 0 Å². The number of hydrogen-bond acceptors (Lipinski definition) is 3. The van der Waals surface area contributed by atoms with Gasteiger partial charge in [-0.25, -0.2) is 15.0 Å². The van der Waals surface area contributed by atoms with Crippen LogP contribution in [0.2, 0.25) is 0 Å². The summed E-state index contributed by atoms with van der Waals surface area (Å²) in [6.45, 7) is 0.216. The lowest BCUT2D eigenvalue weighted by molar-refractivity contribution is 0.775. The molecule has 0 saturated heterocycles. The predicted octanol–water partition coefficient (Wildman–Crippen LogP) is 8.05. The van der Waals surface area contributed by atoms with E-state index in [-0.39, 0.29) is 6.71 Å². The van der Waals surface area contributed by atoms with E-state index in [9.17, 15) is 0 Å². The molecule has 8 aromatic rings. The van der Waals surface area contributed by atoms with E-state index in [0.717, 1.165) is 16.7 Å². The Balaban J connectivity index is 1.18. The largest absolute Gasteiger partial charge is 0.243 e. The average molecular weight is 634 g/mol. The molecule has 0 bridgehead atoms. The van der Waals surface area contributed by atoms with Crippen LogP contribution in [0.5, 0.6) is 0 Å². The zero-order valence-corrected chi connectivity index (χ0v) is 27.1. The van der Waals surface area contributed by atoms with Crippen LogP contribution in [0.25, 0.3) is 56.4 Å². The maximum Gasteiger partial charge on any atom is 0.243 e. The second-order valence-corrected chi connectivity index (χ2v) is 13.5. The van der Waals surface area contributed by atoms with Crippen LogP contribution in [0.4, 0.5) is 0 Å². The first-order valence-electron chi connectivity index (χ1n) is 17.2. The number of fused-ring (bicyclic) bond motifs is 12. The summed E-state index contributed by atoms with van der Waals surface area (Å²) in [5.41, 5.74) is 17.2. The summed E-state index contributed by atoms with van der Waals surface area (Å²) in [7, 11) is 0. The Morgan fingerprint density at radius 3 is 1.58 bits per heavy atom. The molecule has 11 rings (SSSR count). The normalized spacial score (nSPS) is 15.6. The Labute approximate surface area is 291 Å². The van der Waals surface area contributed by atoms with E-state index in [1.807, 2.05) is 36.4 Å². The van der Waals surface area contributed by atoms with Crippen LogP contribution in [-0.4, -0.2) is 21.7 Å². The lowest BCUT2D eigenvalue weighted by Crippen LogP contribution is -2.59. The lowest BCUT2D eigenvalue weighted by atomic mass is 9.32. The van der Waals surface area contributed by atoms with E-state index in [4.69, 9.17) is 15.0 Å². The van der Waals surface area contributed by atoms with Gasteiger partial charge in [-0.15, -0.1) is 0 Å². The average Bonchev–Trinajstić information content (AvgIpc) is 3.69. The van der Waals surface area contributed by atoms with Crippen molar-refractivity contribution in [1.82, 2.24) is 15.0 Å². The van der Waals surface area contributed by atoms with Crippen molar-refractivity contribution < 1.29 is 0 Å². The van der Waals surface area contributed by atoms with E-state index in [2.05, 4.69) is 133 Å². The highest BCUT2D eigenvalue weighted by atomic mass is 15.0. The Hall–Kier alpha value is -6.39. The molecule has 2 aliphatic heterocycles. The van der Waals surface area contributed by atoms with Crippen molar-refractivity contribution in [2.75, 3.05) is 0 Å². The van der Waals surface area contributed by atoms with Gasteiger partial charge in [0.05, 0.1) is 5.41 Å². The van der Waals surface area contributed by atoms with Crippen molar-refractivity contribution in [2.24, 2.45) is 0 Å². The summed E-state index contributed by atoms with van der Waals surface area (Å²) in [5, 5.41) is 0. The quantitative estimate of drug-likeness (QED) is 0.185. The van der Waals surface area contributed by atoms with Crippen LogP contribution in [0.3, 0.4) is 0 Å². The van der Waals surface area contributed by atoms with Crippen LogP contribution in [-0.2, 0) is 5.41 Å². The fourth-order valence-corrected chi connectivity index (χ4v) is 9.09. The molecule has 3 aliphatic rings. The molecule has 1 aliphatic carbocycles. The third-order valence-corrected chi connectivity index (χ3v) is 11.0. The molecule has 230 valence electrons. The fourth-order valence-electron chi connectivity index (χ4n) is 9.09. The maximum atomic E-state index is 5.09. The molecule has 1 aromatic heterocycles. The van der Waals surface area contributed by atoms with Gasteiger partial charge in [0.25, 0.3) is 0 Å². The van der Waals surface area contributed by atoms with Crippen LogP contribution >= 0.6 is 0 Å². The fraction of sp³-hybridized carbons (Fsp3) is 0.0217. The van der Waals surface area contributed by atoms with E-state index in [0.29, 0.717) is 17.5 Å². The number of aromatic nitrogens is 3. The van der Waals surface area contributed by atoms with E-state index < -0.39 is 5.41 Å². The second kappa shape index (κ2) is 10.3. The summed E-state index contributed by atoms with van der Waals surface area (Å²) in [4.78, 5) is 15.1. The van der Waals surface area contributed by atoms with Gasteiger partial charge in [0.2, 0.25) is 6.71 Å². The molecule has 0 N–H and O–H groups in total. The molecule has 1 atom stereocenters. The van der Waals surface area contributed by atoms with Gasteiger partial charge in [-0.1, -0.05) is 180 Å². The molecule has 0 radical (unpaired) electrons. The van der Waals surface area contributed by atoms with Crippen LogP contribution in [0.15, 0.2) is 170 Å². The smallest absolute Gasteiger partial charge is 0.208 e. The SMILES string of the molecule is c1ccc(-c2nc(-c3ccccc3)nc(-c3ccc4c(c3)-c3ccccc3C43c4ccccc4B4c5ccccc5-c5cccc3c54)n2)cc1. The van der Waals surface area contributed by atoms with E-state index in [1.54, 1.807) is 0 Å². The molecule has 50 heavy (non-hydrogen) atoms. The summed E-state index contributed by atoms with van der Waals surface area (Å²) in [5.74, 6) is 2.00. The lowest BCUT2D eigenvalue weighted by Gasteiger charge is -2.42. The molecule has 4 heteroatoms. The number of nitrogens with zero attached hydrogens (tertiary/aromatic N) is 3. The highest BCUT2D eigenvalue weighted by Crippen LogP contribution is 2.57. The Morgan fingerprint density at radius 1 is 0.340 bits per heavy atom. The van der Waals surface area contributed by atoms with Gasteiger partial charge in [-0.3, -0.25) is 0 Å². The molecule has 1 spiro atoms. The minimum Gasteiger partial charge on any atom is -0.208 e. The van der Waals surface area contributed by atoms with Crippen LogP contribution in [0, 0.1) is 0 Å². The molecule has 0 saturated carbocycles. The van der Waals surface area contributed by atoms with Crippen molar-refractivity contribution in [2.45, 2.75) is 5.41 Å². The first-order chi connectivity index (χ1) is 24.8. The van der Waals surface area contributed by atoms with Crippen molar-refractivity contribution in [3.05, 3.63) is 192 Å². The second-order valence-electron chi connectivity index (χ2n) is 13.5. The van der Waals surface area contributed by atoms with Gasteiger partial charge in [0, 0.05) is 16.7 Å². The standard InChI is InChI=1S/C46H28BN3/c1-3-14-29(15-4-1)43-48-44(30-16-5-2-6-17-30)50-45(49-43)31-26-27-37-35(28-31)32-18-7-9-21-36(32)46(37)38-22-10-12-25-41(38)47-40-24-11-8-19-33(40)34-20-13-23-39(46)42(34)47/h1-28H. The third kappa shape index (κ3) is 3.62. The first kappa shape index (κ1) is 27.6. The zero-order valence-electron chi connectivity index (χ0n) is 27.1. The summed E-state index contributed by atoms with van der Waals surface area (Å²) in [6.07, 6.45) is 0. The number of hydrogen-bond donors (Lipinski definition) is 0. The van der Waals surface area contributed by atoms with Gasteiger partial charge in [0.15, 0.2) is 17.5 Å². The molecule has 1 unspecified atom stereocenters. The van der Waals surface area contributed by atoms with Gasteiger partial charge < -0.3 is 0 Å². The van der Waals surface area contributed by atoms with Crippen molar-refractivity contribution in [3.63, 3.8) is 0 Å². The zero-order chi connectivity index (χ0) is 32.8. The molecule has 0 fully saturated rings. The molecular weight excluding hydrogens is 605 g/mol. The summed E-state index contributed by atoms with van der Waals surface area (Å²) >= 11 is 0. The van der Waals surface area contributed by atoms with Gasteiger partial charge in [-0.05, 0) is 50.6 Å². The van der Waals surface area contributed by atoms with Gasteiger partial charge in [0.1, 0.15) is 0 Å². The van der Waals surface area contributed by atoms with E-state index >= 15 is 0 Å². The monoisotopic (exact) mass is 633 g/mol. The Morgan fingerprint density at radius 2 is 0.860 bits per heavy atom. The van der Waals surface area contributed by atoms with Crippen molar-refractivity contribution in [1.29, 1.82) is 0 Å². The molecule has 3 nitrogen and oxygen atoms in total. The highest BCUT2D eigenvalue weighted by Gasteiger charge is 2.54. The Bertz CT molecular complexity index is 2610. The number of rotatable bonds is 3. The molecule has 3 heterocycles.